The molecule has 51 heavy (non-hydrogen) atoms. The Morgan fingerprint density at radius 2 is 0.961 bits per heavy atom. The van der Waals surface area contributed by atoms with Gasteiger partial charge in [-0.15, -0.1) is 0 Å². The molecule has 0 saturated heterocycles. The maximum absolute atomic E-state index is 6.48. The van der Waals surface area contributed by atoms with Crippen LogP contribution in [0.25, 0.3) is 66.4 Å². The van der Waals surface area contributed by atoms with Crippen molar-refractivity contribution < 1.29 is 4.42 Å². The summed E-state index contributed by atoms with van der Waals surface area (Å²) in [6.45, 7) is 0. The zero-order valence-electron chi connectivity index (χ0n) is 27.6. The van der Waals surface area contributed by atoms with E-state index in [9.17, 15) is 0 Å². The Kier molecular flexibility index (Phi) is 5.20. The van der Waals surface area contributed by atoms with Gasteiger partial charge in [0.1, 0.15) is 11.2 Å². The third-order valence-electron chi connectivity index (χ3n) is 11.6. The first-order chi connectivity index (χ1) is 25.3. The van der Waals surface area contributed by atoms with E-state index < -0.39 is 0 Å². The molecule has 3 aliphatic rings. The number of benzene rings is 8. The van der Waals surface area contributed by atoms with Crippen LogP contribution in [0, 0.1) is 0 Å². The van der Waals surface area contributed by atoms with Crippen molar-refractivity contribution >= 4 is 39.0 Å². The highest BCUT2D eigenvalue weighted by Crippen LogP contribution is 2.70. The Balaban J connectivity index is 1.19. The second kappa shape index (κ2) is 9.74. The highest BCUT2D eigenvalue weighted by molar-refractivity contribution is 6.14. The van der Waals surface area contributed by atoms with Crippen LogP contribution in [0.3, 0.4) is 0 Å². The molecule has 1 aromatic heterocycles. The van der Waals surface area contributed by atoms with Gasteiger partial charge in [-0.25, -0.2) is 0 Å². The summed E-state index contributed by atoms with van der Waals surface area (Å²) in [5.74, 6) is 0. The molecular formula is C49H29NO. The van der Waals surface area contributed by atoms with E-state index in [1.807, 2.05) is 6.07 Å². The molecule has 0 fully saturated rings. The van der Waals surface area contributed by atoms with E-state index in [0.29, 0.717) is 0 Å². The van der Waals surface area contributed by atoms with Crippen molar-refractivity contribution in [3.8, 4) is 44.5 Å². The second-order valence-corrected chi connectivity index (χ2v) is 13.9. The van der Waals surface area contributed by atoms with Gasteiger partial charge in [-0.1, -0.05) is 140 Å². The molecule has 0 radical (unpaired) electrons. The number of nitrogens with zero attached hydrogens (tertiary/aromatic N) is 1. The van der Waals surface area contributed by atoms with Gasteiger partial charge in [-0.2, -0.15) is 0 Å². The smallest absolute Gasteiger partial charge is 0.137 e. The molecule has 2 heteroatoms. The fourth-order valence-electron chi connectivity index (χ4n) is 9.76. The molecule has 0 aliphatic heterocycles. The highest BCUT2D eigenvalue weighted by atomic mass is 16.3. The normalized spacial score (nSPS) is 15.5. The average molecular weight is 648 g/mol. The van der Waals surface area contributed by atoms with E-state index in [2.05, 4.69) is 175 Å². The lowest BCUT2D eigenvalue weighted by Crippen LogP contribution is -2.23. The van der Waals surface area contributed by atoms with E-state index in [1.54, 1.807) is 0 Å². The number of furan rings is 1. The second-order valence-electron chi connectivity index (χ2n) is 13.9. The Labute approximate surface area is 295 Å². The zero-order valence-corrected chi connectivity index (χ0v) is 27.6. The maximum atomic E-state index is 6.48. The number of fused-ring (bicyclic) bond motifs is 8. The Bertz CT molecular complexity index is 2900. The van der Waals surface area contributed by atoms with Crippen LogP contribution >= 0.6 is 0 Å². The summed E-state index contributed by atoms with van der Waals surface area (Å²) < 4.78 is 6.48. The highest BCUT2D eigenvalue weighted by Gasteiger charge is 2.57. The Hall–Kier alpha value is -6.64. The van der Waals surface area contributed by atoms with Crippen molar-refractivity contribution in [2.45, 2.75) is 5.41 Å². The molecule has 9 aromatic rings. The average Bonchev–Trinajstić information content (AvgIpc) is 3.91. The lowest BCUT2D eigenvalue weighted by molar-refractivity contribution is 0.669. The van der Waals surface area contributed by atoms with E-state index in [4.69, 9.17) is 4.42 Å². The monoisotopic (exact) mass is 647 g/mol. The predicted octanol–water partition coefficient (Wildman–Crippen LogP) is 13.0. The predicted molar refractivity (Wildman–Crippen MR) is 209 cm³/mol. The fraction of sp³-hybridized carbons (Fsp3) is 0.0204. The van der Waals surface area contributed by atoms with Crippen molar-refractivity contribution in [1.29, 1.82) is 0 Å². The maximum Gasteiger partial charge on any atom is 0.137 e. The first-order valence-electron chi connectivity index (χ1n) is 17.7. The standard InChI is InChI=1S/C49H29NO/c1-2-13-30(14-3-1)32-15-5-8-23-42(32)50(43-24-12-26-45-46(43)39-17-6-9-25-44(39)51-45)31-27-28-34-36-19-11-21-38-37-20-10-18-35-33-16-4-7-22-40(33)49(47(35)37,48(36)38)41(34)29-31/h1-29H. The number of anilines is 3. The summed E-state index contributed by atoms with van der Waals surface area (Å²) >= 11 is 0. The quantitative estimate of drug-likeness (QED) is 0.189. The summed E-state index contributed by atoms with van der Waals surface area (Å²) in [5.41, 5.74) is 20.8. The molecule has 1 unspecified atom stereocenters. The summed E-state index contributed by atoms with van der Waals surface area (Å²) in [6.07, 6.45) is 0. The summed E-state index contributed by atoms with van der Waals surface area (Å²) in [7, 11) is 0. The Morgan fingerprint density at radius 3 is 1.76 bits per heavy atom. The minimum absolute atomic E-state index is 0.362. The van der Waals surface area contributed by atoms with E-state index in [0.717, 1.165) is 39.0 Å². The van der Waals surface area contributed by atoms with Crippen LogP contribution in [0.4, 0.5) is 17.1 Å². The lowest BCUT2D eigenvalue weighted by Gasteiger charge is -2.31. The first-order valence-corrected chi connectivity index (χ1v) is 17.7. The molecule has 0 saturated carbocycles. The van der Waals surface area contributed by atoms with Crippen molar-refractivity contribution in [2.24, 2.45) is 0 Å². The minimum Gasteiger partial charge on any atom is -0.456 e. The number of hydrogen-bond acceptors (Lipinski definition) is 2. The molecule has 8 aromatic carbocycles. The zero-order chi connectivity index (χ0) is 33.3. The molecule has 1 spiro atoms. The molecule has 0 amide bonds. The summed E-state index contributed by atoms with van der Waals surface area (Å²) in [4.78, 5) is 2.47. The van der Waals surface area contributed by atoms with Crippen LogP contribution < -0.4 is 4.90 Å². The van der Waals surface area contributed by atoms with Gasteiger partial charge >= 0.3 is 0 Å². The van der Waals surface area contributed by atoms with Gasteiger partial charge in [-0.3, -0.25) is 0 Å². The van der Waals surface area contributed by atoms with Crippen LogP contribution in [0.1, 0.15) is 22.3 Å². The van der Waals surface area contributed by atoms with E-state index in [1.165, 1.54) is 66.8 Å². The molecule has 0 bridgehead atoms. The molecule has 236 valence electrons. The third kappa shape index (κ3) is 3.32. The van der Waals surface area contributed by atoms with E-state index in [-0.39, 0.29) is 5.41 Å². The number of rotatable bonds is 4. The summed E-state index contributed by atoms with van der Waals surface area (Å²) in [6, 6.07) is 64.5. The van der Waals surface area contributed by atoms with Gasteiger partial charge in [0, 0.05) is 16.6 Å². The van der Waals surface area contributed by atoms with Gasteiger partial charge in [-0.05, 0) is 97.6 Å². The van der Waals surface area contributed by atoms with Gasteiger partial charge in [0.15, 0.2) is 0 Å². The minimum atomic E-state index is -0.362. The van der Waals surface area contributed by atoms with Crippen LogP contribution in [0.15, 0.2) is 180 Å². The molecule has 3 aliphatic carbocycles. The van der Waals surface area contributed by atoms with Crippen LogP contribution in [-0.2, 0) is 5.41 Å². The molecule has 1 atom stereocenters. The fourth-order valence-corrected chi connectivity index (χ4v) is 9.76. The largest absolute Gasteiger partial charge is 0.456 e. The van der Waals surface area contributed by atoms with Gasteiger partial charge in [0.05, 0.1) is 22.2 Å². The molecule has 2 nitrogen and oxygen atoms in total. The molecule has 1 heterocycles. The topological polar surface area (TPSA) is 16.4 Å². The number of hydrogen-bond donors (Lipinski definition) is 0. The van der Waals surface area contributed by atoms with Crippen molar-refractivity contribution in [3.63, 3.8) is 0 Å². The van der Waals surface area contributed by atoms with Gasteiger partial charge in [0.25, 0.3) is 0 Å². The number of para-hydroxylation sites is 2. The van der Waals surface area contributed by atoms with Crippen molar-refractivity contribution in [1.82, 2.24) is 0 Å². The molecule has 12 rings (SSSR count). The van der Waals surface area contributed by atoms with E-state index >= 15 is 0 Å². The SMILES string of the molecule is c1ccc(-c2ccccc2N(c2ccc3c(c2)C24c5ccccc5-c5cccc(c52)-c2cccc-3c24)c2cccc3oc4ccccc4c23)cc1. The molecule has 0 N–H and O–H groups in total. The third-order valence-corrected chi connectivity index (χ3v) is 11.6. The van der Waals surface area contributed by atoms with Crippen LogP contribution in [0.2, 0.25) is 0 Å². The van der Waals surface area contributed by atoms with Crippen molar-refractivity contribution in [2.75, 3.05) is 4.90 Å². The Morgan fingerprint density at radius 1 is 0.392 bits per heavy atom. The summed E-state index contributed by atoms with van der Waals surface area (Å²) in [5, 5.41) is 2.22. The lowest BCUT2D eigenvalue weighted by atomic mass is 9.73. The van der Waals surface area contributed by atoms with Gasteiger partial charge in [0.2, 0.25) is 0 Å². The molecular weight excluding hydrogens is 619 g/mol. The first kappa shape index (κ1) is 27.2. The van der Waals surface area contributed by atoms with Crippen molar-refractivity contribution in [3.05, 3.63) is 198 Å². The van der Waals surface area contributed by atoms with Crippen LogP contribution in [-0.4, -0.2) is 0 Å². The van der Waals surface area contributed by atoms with Gasteiger partial charge < -0.3 is 9.32 Å². The van der Waals surface area contributed by atoms with Crippen LogP contribution in [0.5, 0.6) is 0 Å².